The number of aromatic amines is 1. The number of aryl methyl sites for hydroxylation is 2. The van der Waals surface area contributed by atoms with Gasteiger partial charge in [0.1, 0.15) is 5.75 Å². The third kappa shape index (κ3) is 3.42. The first kappa shape index (κ1) is 13.7. The molecular formula is C16H19N3O2. The maximum absolute atomic E-state index is 11.9. The highest BCUT2D eigenvalue weighted by molar-refractivity contribution is 5.77. The van der Waals surface area contributed by atoms with Crippen molar-refractivity contribution in [1.29, 1.82) is 0 Å². The lowest BCUT2D eigenvalue weighted by Crippen LogP contribution is -2.41. The number of nitrogens with one attached hydrogen (secondary N) is 2. The predicted molar refractivity (Wildman–Crippen MR) is 79.2 cm³/mol. The molecule has 2 N–H and O–H groups in total. The molecule has 5 heteroatoms. The summed E-state index contributed by atoms with van der Waals surface area (Å²) < 4.78 is 5.49. The number of benzene rings is 1. The van der Waals surface area contributed by atoms with Gasteiger partial charge < -0.3 is 10.1 Å². The molecule has 1 unspecified atom stereocenters. The first-order chi connectivity index (χ1) is 10.2. The first-order valence-electron chi connectivity index (χ1n) is 7.20. The van der Waals surface area contributed by atoms with Crippen LogP contribution in [0.4, 0.5) is 0 Å². The van der Waals surface area contributed by atoms with E-state index < -0.39 is 0 Å². The molecule has 1 aromatic heterocycles. The van der Waals surface area contributed by atoms with Crippen molar-refractivity contribution in [1.82, 2.24) is 15.5 Å². The Kier molecular flexibility index (Phi) is 3.90. The van der Waals surface area contributed by atoms with E-state index in [0.29, 0.717) is 0 Å². The molecule has 1 aliphatic carbocycles. The van der Waals surface area contributed by atoms with Crippen molar-refractivity contribution >= 4 is 5.91 Å². The molecular weight excluding hydrogens is 266 g/mol. The highest BCUT2D eigenvalue weighted by Gasteiger charge is 2.21. The van der Waals surface area contributed by atoms with Crippen LogP contribution in [0, 0.1) is 6.92 Å². The zero-order valence-corrected chi connectivity index (χ0v) is 12.1. The van der Waals surface area contributed by atoms with Gasteiger partial charge in [-0.2, -0.15) is 5.10 Å². The number of carbonyl (C=O) groups excluding carboxylic acids is 1. The molecule has 2 aromatic rings. The standard InChI is InChI=1S/C16H19N3O2/c1-11-2-6-14(7-3-11)21-10-16(20)18-13-5-4-12-9-17-19-15(12)8-13/h2-3,6-7,9,13H,4-5,8,10H2,1H3,(H,17,19)(H,18,20). The maximum atomic E-state index is 11.9. The fourth-order valence-corrected chi connectivity index (χ4v) is 2.58. The van der Waals surface area contributed by atoms with E-state index >= 15 is 0 Å². The van der Waals surface area contributed by atoms with Crippen molar-refractivity contribution in [2.24, 2.45) is 0 Å². The number of hydrogen-bond donors (Lipinski definition) is 2. The van der Waals surface area contributed by atoms with Crippen LogP contribution in [-0.4, -0.2) is 28.8 Å². The largest absolute Gasteiger partial charge is 0.484 e. The smallest absolute Gasteiger partial charge is 0.258 e. The van der Waals surface area contributed by atoms with Crippen LogP contribution in [0.3, 0.4) is 0 Å². The van der Waals surface area contributed by atoms with E-state index in [9.17, 15) is 4.79 Å². The van der Waals surface area contributed by atoms with E-state index in [1.807, 2.05) is 37.4 Å². The molecule has 1 heterocycles. The summed E-state index contributed by atoms with van der Waals surface area (Å²) in [4.78, 5) is 11.9. The van der Waals surface area contributed by atoms with Gasteiger partial charge in [-0.1, -0.05) is 17.7 Å². The Balaban J connectivity index is 1.47. The Hall–Kier alpha value is -2.30. The molecule has 0 spiro atoms. The van der Waals surface area contributed by atoms with Crippen molar-refractivity contribution < 1.29 is 9.53 Å². The Labute approximate surface area is 123 Å². The normalized spacial score (nSPS) is 17.1. The quantitative estimate of drug-likeness (QED) is 0.899. The average Bonchev–Trinajstić information content (AvgIpc) is 2.94. The molecule has 1 aromatic carbocycles. The van der Waals surface area contributed by atoms with Crippen LogP contribution in [-0.2, 0) is 17.6 Å². The molecule has 110 valence electrons. The van der Waals surface area contributed by atoms with Gasteiger partial charge in [0.2, 0.25) is 0 Å². The van der Waals surface area contributed by atoms with Crippen LogP contribution >= 0.6 is 0 Å². The average molecular weight is 285 g/mol. The van der Waals surface area contributed by atoms with Gasteiger partial charge in [0.05, 0.1) is 6.20 Å². The molecule has 0 saturated heterocycles. The zero-order valence-electron chi connectivity index (χ0n) is 12.1. The summed E-state index contributed by atoms with van der Waals surface area (Å²) in [6, 6.07) is 7.84. The van der Waals surface area contributed by atoms with Gasteiger partial charge in [-0.25, -0.2) is 0 Å². The lowest BCUT2D eigenvalue weighted by atomic mass is 9.94. The Morgan fingerprint density at radius 2 is 2.24 bits per heavy atom. The SMILES string of the molecule is Cc1ccc(OCC(=O)NC2CCc3cn[nH]c3C2)cc1. The minimum atomic E-state index is -0.0801. The lowest BCUT2D eigenvalue weighted by molar-refractivity contribution is -0.123. The molecule has 21 heavy (non-hydrogen) atoms. The van der Waals surface area contributed by atoms with Crippen LogP contribution in [0.5, 0.6) is 5.75 Å². The van der Waals surface area contributed by atoms with E-state index in [4.69, 9.17) is 4.74 Å². The number of H-pyrrole nitrogens is 1. The number of carbonyl (C=O) groups is 1. The number of fused-ring (bicyclic) bond motifs is 1. The third-order valence-electron chi connectivity index (χ3n) is 3.78. The summed E-state index contributed by atoms with van der Waals surface area (Å²) in [6.07, 6.45) is 4.58. The summed E-state index contributed by atoms with van der Waals surface area (Å²) >= 11 is 0. The molecule has 0 aliphatic heterocycles. The van der Waals surface area contributed by atoms with Crippen LogP contribution in [0.2, 0.25) is 0 Å². The van der Waals surface area contributed by atoms with Crippen LogP contribution in [0.25, 0.3) is 0 Å². The van der Waals surface area contributed by atoms with Crippen molar-refractivity contribution in [3.05, 3.63) is 47.3 Å². The van der Waals surface area contributed by atoms with Crippen LogP contribution in [0.15, 0.2) is 30.5 Å². The fraction of sp³-hybridized carbons (Fsp3) is 0.375. The number of hydrogen-bond acceptors (Lipinski definition) is 3. The Morgan fingerprint density at radius 1 is 1.43 bits per heavy atom. The second kappa shape index (κ2) is 5.99. The first-order valence-corrected chi connectivity index (χ1v) is 7.20. The lowest BCUT2D eigenvalue weighted by Gasteiger charge is -2.22. The van der Waals surface area contributed by atoms with Crippen molar-refractivity contribution in [2.75, 3.05) is 6.61 Å². The minimum Gasteiger partial charge on any atom is -0.484 e. The molecule has 0 saturated carbocycles. The number of nitrogens with zero attached hydrogens (tertiary/aromatic N) is 1. The van der Waals surface area contributed by atoms with Crippen LogP contribution < -0.4 is 10.1 Å². The number of ether oxygens (including phenoxy) is 1. The van der Waals surface area contributed by atoms with E-state index in [2.05, 4.69) is 15.5 Å². The number of aromatic nitrogens is 2. The van der Waals surface area contributed by atoms with E-state index in [0.717, 1.165) is 30.7 Å². The monoisotopic (exact) mass is 285 g/mol. The molecule has 1 aliphatic rings. The van der Waals surface area contributed by atoms with Crippen molar-refractivity contribution in [2.45, 2.75) is 32.2 Å². The highest BCUT2D eigenvalue weighted by atomic mass is 16.5. The van der Waals surface area contributed by atoms with E-state index in [-0.39, 0.29) is 18.6 Å². The summed E-state index contributed by atoms with van der Waals surface area (Å²) in [7, 11) is 0. The second-order valence-corrected chi connectivity index (χ2v) is 5.48. The predicted octanol–water partition coefficient (Wildman–Crippen LogP) is 1.77. The summed E-state index contributed by atoms with van der Waals surface area (Å²) in [5.74, 6) is 0.638. The van der Waals surface area contributed by atoms with Crippen molar-refractivity contribution in [3.63, 3.8) is 0 Å². The maximum Gasteiger partial charge on any atom is 0.258 e. The van der Waals surface area contributed by atoms with Gasteiger partial charge in [-0.05, 0) is 37.5 Å². The molecule has 1 atom stereocenters. The zero-order chi connectivity index (χ0) is 14.7. The molecule has 0 fully saturated rings. The van der Waals surface area contributed by atoms with Gasteiger partial charge in [0.15, 0.2) is 6.61 Å². The van der Waals surface area contributed by atoms with E-state index in [1.165, 1.54) is 11.1 Å². The van der Waals surface area contributed by atoms with Gasteiger partial charge in [0.25, 0.3) is 5.91 Å². The number of rotatable bonds is 4. The second-order valence-electron chi connectivity index (χ2n) is 5.48. The van der Waals surface area contributed by atoms with Gasteiger partial charge >= 0.3 is 0 Å². The van der Waals surface area contributed by atoms with Gasteiger partial charge in [-0.3, -0.25) is 9.89 Å². The molecule has 1 amide bonds. The van der Waals surface area contributed by atoms with E-state index in [1.54, 1.807) is 0 Å². The minimum absolute atomic E-state index is 0.0510. The molecule has 3 rings (SSSR count). The fourth-order valence-electron chi connectivity index (χ4n) is 2.58. The van der Waals surface area contributed by atoms with Crippen LogP contribution in [0.1, 0.15) is 23.2 Å². The molecule has 5 nitrogen and oxygen atoms in total. The summed E-state index contributed by atoms with van der Waals surface area (Å²) in [5, 5.41) is 10.0. The topological polar surface area (TPSA) is 67.0 Å². The van der Waals surface area contributed by atoms with Gasteiger partial charge in [0, 0.05) is 18.2 Å². The molecule has 0 bridgehead atoms. The summed E-state index contributed by atoms with van der Waals surface area (Å²) in [6.45, 7) is 2.07. The number of amides is 1. The van der Waals surface area contributed by atoms with Gasteiger partial charge in [-0.15, -0.1) is 0 Å². The molecule has 0 radical (unpaired) electrons. The third-order valence-corrected chi connectivity index (χ3v) is 3.78. The Bertz CT molecular complexity index is 619. The van der Waals surface area contributed by atoms with Crippen molar-refractivity contribution in [3.8, 4) is 5.75 Å². The summed E-state index contributed by atoms with van der Waals surface area (Å²) in [5.41, 5.74) is 3.56. The highest BCUT2D eigenvalue weighted by Crippen LogP contribution is 2.18. The Morgan fingerprint density at radius 3 is 3.05 bits per heavy atom.